The molecule has 1 aromatic rings. The van der Waals surface area contributed by atoms with Gasteiger partial charge in [0.1, 0.15) is 5.84 Å². The van der Waals surface area contributed by atoms with E-state index >= 15 is 0 Å². The first-order chi connectivity index (χ1) is 8.75. The second-order valence-corrected chi connectivity index (χ2v) is 4.86. The summed E-state index contributed by atoms with van der Waals surface area (Å²) in [6, 6.07) is 3.39. The van der Waals surface area contributed by atoms with Crippen LogP contribution in [-0.2, 0) is 6.18 Å². The van der Waals surface area contributed by atoms with Gasteiger partial charge in [0.2, 0.25) is 0 Å². The van der Waals surface area contributed by atoms with Crippen molar-refractivity contribution in [2.75, 3.05) is 12.4 Å². The van der Waals surface area contributed by atoms with E-state index in [0.717, 1.165) is 23.9 Å². The van der Waals surface area contributed by atoms with E-state index in [1.54, 1.807) is 0 Å². The minimum absolute atomic E-state index is 0.0766. The van der Waals surface area contributed by atoms with Crippen molar-refractivity contribution >= 4 is 17.6 Å². The number of hydrogen-bond donors (Lipinski definition) is 4. The minimum atomic E-state index is -4.60. The van der Waals surface area contributed by atoms with Gasteiger partial charge in [-0.2, -0.15) is 13.2 Å². The number of benzene rings is 1. The van der Waals surface area contributed by atoms with Gasteiger partial charge in [0, 0.05) is 16.2 Å². The molecule has 0 aliphatic rings. The second-order valence-electron chi connectivity index (χ2n) is 3.77. The fourth-order valence-corrected chi connectivity index (χ4v) is 2.18. The Morgan fingerprint density at radius 1 is 1.42 bits per heavy atom. The lowest BCUT2D eigenvalue weighted by molar-refractivity contribution is -0.137. The molecule has 1 atom stereocenters. The smallest absolute Gasteiger partial charge is 0.394 e. The lowest BCUT2D eigenvalue weighted by Crippen LogP contribution is -2.19. The second kappa shape index (κ2) is 6.27. The highest BCUT2D eigenvalue weighted by atomic mass is 32.2. The summed E-state index contributed by atoms with van der Waals surface area (Å²) in [6.07, 6.45) is -5.60. The summed E-state index contributed by atoms with van der Waals surface area (Å²) in [6.45, 7) is -0.454. The van der Waals surface area contributed by atoms with E-state index in [9.17, 15) is 13.2 Å². The molecule has 0 heterocycles. The van der Waals surface area contributed by atoms with Gasteiger partial charge in [-0.1, -0.05) is 0 Å². The van der Waals surface area contributed by atoms with Crippen LogP contribution in [0.15, 0.2) is 23.1 Å². The predicted octanol–water partition coefficient (Wildman–Crippen LogP) is 1.43. The molecular formula is C11H13F3N2O2S. The fourth-order valence-electron chi connectivity index (χ4n) is 1.33. The first-order valence-corrected chi connectivity index (χ1v) is 6.21. The SMILES string of the molecule is N=C(N)c1ccc(SCC(O)CO)cc1C(F)(F)F. The number of rotatable bonds is 5. The number of thioether (sulfide) groups is 1. The maximum atomic E-state index is 12.8. The Labute approximate surface area is 111 Å². The standard InChI is InChI=1S/C11H13F3N2O2S/c12-11(13,14)9-3-7(19-5-6(18)4-17)1-2-8(9)10(15)16/h1-3,6,17-18H,4-5H2,(H3,15,16). The molecule has 0 radical (unpaired) electrons. The van der Waals surface area contributed by atoms with Crippen molar-refractivity contribution in [2.24, 2.45) is 5.73 Å². The van der Waals surface area contributed by atoms with Crippen molar-refractivity contribution in [1.29, 1.82) is 5.41 Å². The highest BCUT2D eigenvalue weighted by molar-refractivity contribution is 7.99. The average molecular weight is 294 g/mol. The van der Waals surface area contributed by atoms with Crippen LogP contribution in [-0.4, -0.2) is 34.5 Å². The van der Waals surface area contributed by atoms with Crippen LogP contribution in [0.25, 0.3) is 0 Å². The van der Waals surface area contributed by atoms with Gasteiger partial charge in [-0.25, -0.2) is 0 Å². The van der Waals surface area contributed by atoms with E-state index in [4.69, 9.17) is 21.4 Å². The third-order valence-corrected chi connectivity index (χ3v) is 3.38. The fraction of sp³-hybridized carbons (Fsp3) is 0.364. The van der Waals surface area contributed by atoms with Crippen LogP contribution in [0.5, 0.6) is 0 Å². The first-order valence-electron chi connectivity index (χ1n) is 5.23. The van der Waals surface area contributed by atoms with E-state index in [2.05, 4.69) is 0 Å². The molecule has 0 aliphatic carbocycles. The van der Waals surface area contributed by atoms with E-state index in [1.165, 1.54) is 6.07 Å². The lowest BCUT2D eigenvalue weighted by atomic mass is 10.1. The highest BCUT2D eigenvalue weighted by Crippen LogP contribution is 2.34. The van der Waals surface area contributed by atoms with Crippen molar-refractivity contribution in [2.45, 2.75) is 17.2 Å². The largest absolute Gasteiger partial charge is 0.417 e. The van der Waals surface area contributed by atoms with Crippen molar-refractivity contribution in [3.05, 3.63) is 29.3 Å². The number of nitrogens with two attached hydrogens (primary N) is 1. The number of aliphatic hydroxyl groups excluding tert-OH is 2. The van der Waals surface area contributed by atoms with Crippen molar-refractivity contribution in [3.8, 4) is 0 Å². The summed E-state index contributed by atoms with van der Waals surface area (Å²) >= 11 is 0.982. The minimum Gasteiger partial charge on any atom is -0.394 e. The first kappa shape index (κ1) is 15.8. The van der Waals surface area contributed by atoms with Gasteiger partial charge in [-0.05, 0) is 18.2 Å². The summed E-state index contributed by atoms with van der Waals surface area (Å²) in [7, 11) is 0. The molecule has 0 bridgehead atoms. The summed E-state index contributed by atoms with van der Waals surface area (Å²) in [5, 5.41) is 24.9. The Hall–Kier alpha value is -1.25. The summed E-state index contributed by atoms with van der Waals surface area (Å²) < 4.78 is 38.4. The van der Waals surface area contributed by atoms with E-state index < -0.39 is 30.3 Å². The molecule has 0 fully saturated rings. The maximum absolute atomic E-state index is 12.8. The number of aliphatic hydroxyl groups is 2. The molecule has 0 aromatic heterocycles. The van der Waals surface area contributed by atoms with Crippen molar-refractivity contribution in [1.82, 2.24) is 0 Å². The van der Waals surface area contributed by atoms with Crippen molar-refractivity contribution < 1.29 is 23.4 Å². The molecule has 19 heavy (non-hydrogen) atoms. The zero-order chi connectivity index (χ0) is 14.6. The molecule has 1 rings (SSSR count). The lowest BCUT2D eigenvalue weighted by Gasteiger charge is -2.14. The molecule has 0 aliphatic heterocycles. The normalized spacial score (nSPS) is 13.3. The van der Waals surface area contributed by atoms with E-state index in [-0.39, 0.29) is 16.2 Å². The summed E-state index contributed by atoms with van der Waals surface area (Å²) in [5.74, 6) is -0.577. The molecule has 4 nitrogen and oxygen atoms in total. The van der Waals surface area contributed by atoms with Gasteiger partial charge in [0.15, 0.2) is 0 Å². The molecule has 0 amide bonds. The van der Waals surface area contributed by atoms with Gasteiger partial charge in [0.25, 0.3) is 0 Å². The molecule has 8 heteroatoms. The Bertz CT molecular complexity index is 466. The van der Waals surface area contributed by atoms with Crippen LogP contribution < -0.4 is 5.73 Å². The van der Waals surface area contributed by atoms with Crippen LogP contribution in [0.4, 0.5) is 13.2 Å². The van der Waals surface area contributed by atoms with Gasteiger partial charge >= 0.3 is 6.18 Å². The summed E-state index contributed by atoms with van der Waals surface area (Å²) in [4.78, 5) is 0.282. The molecular weight excluding hydrogens is 281 g/mol. The maximum Gasteiger partial charge on any atom is 0.417 e. The molecule has 1 unspecified atom stereocenters. The van der Waals surface area contributed by atoms with Gasteiger partial charge in [0.05, 0.1) is 18.3 Å². The summed E-state index contributed by atoms with van der Waals surface area (Å²) in [5.41, 5.74) is 3.75. The average Bonchev–Trinajstić information content (AvgIpc) is 2.34. The van der Waals surface area contributed by atoms with Crippen LogP contribution in [0.1, 0.15) is 11.1 Å². The van der Waals surface area contributed by atoms with Gasteiger partial charge in [-0.3, -0.25) is 5.41 Å². The molecule has 0 spiro atoms. The number of nitrogens with one attached hydrogen (secondary N) is 1. The highest BCUT2D eigenvalue weighted by Gasteiger charge is 2.34. The van der Waals surface area contributed by atoms with E-state index in [1.807, 2.05) is 0 Å². The zero-order valence-corrected chi connectivity index (χ0v) is 10.6. The number of amidine groups is 1. The quantitative estimate of drug-likeness (QED) is 0.376. The van der Waals surface area contributed by atoms with Gasteiger partial charge in [-0.15, -0.1) is 11.8 Å². The molecule has 1 aromatic carbocycles. The zero-order valence-electron chi connectivity index (χ0n) is 9.74. The number of halogens is 3. The molecule has 5 N–H and O–H groups in total. The molecule has 0 saturated carbocycles. The van der Waals surface area contributed by atoms with Crippen LogP contribution in [0.2, 0.25) is 0 Å². The number of alkyl halides is 3. The third kappa shape index (κ3) is 4.41. The Morgan fingerprint density at radius 2 is 2.05 bits per heavy atom. The van der Waals surface area contributed by atoms with Crippen LogP contribution in [0, 0.1) is 5.41 Å². The van der Waals surface area contributed by atoms with Crippen LogP contribution >= 0.6 is 11.8 Å². The number of hydrogen-bond acceptors (Lipinski definition) is 4. The Kier molecular flexibility index (Phi) is 5.21. The third-order valence-electron chi connectivity index (χ3n) is 2.24. The Morgan fingerprint density at radius 3 is 2.53 bits per heavy atom. The number of nitrogen functional groups attached to an aromatic ring is 1. The topological polar surface area (TPSA) is 90.3 Å². The van der Waals surface area contributed by atoms with E-state index in [0.29, 0.717) is 0 Å². The molecule has 106 valence electrons. The predicted molar refractivity (Wildman–Crippen MR) is 66.3 cm³/mol. The van der Waals surface area contributed by atoms with Crippen LogP contribution in [0.3, 0.4) is 0 Å². The van der Waals surface area contributed by atoms with Gasteiger partial charge < -0.3 is 15.9 Å². The molecule has 0 saturated heterocycles. The Balaban J connectivity index is 3.02. The monoisotopic (exact) mass is 294 g/mol. The van der Waals surface area contributed by atoms with Crippen molar-refractivity contribution in [3.63, 3.8) is 0 Å².